The molecular weight excluding hydrogens is 404 g/mol. The average Bonchev–Trinajstić information content (AvgIpc) is 3.45. The molecule has 0 radical (unpaired) electrons. The molecule has 6 rings (SSSR count). The quantitative estimate of drug-likeness (QED) is 0.637. The van der Waals surface area contributed by atoms with E-state index in [0.29, 0.717) is 28.8 Å². The van der Waals surface area contributed by atoms with Crippen LogP contribution in [0.15, 0.2) is 47.0 Å². The van der Waals surface area contributed by atoms with Gasteiger partial charge in [-0.05, 0) is 35.9 Å². The number of rotatable bonds is 2. The smallest absolute Gasteiger partial charge is 0.231 e. The van der Waals surface area contributed by atoms with Crippen molar-refractivity contribution in [1.82, 2.24) is 4.98 Å². The average molecular weight is 417 g/mol. The molecule has 7 nitrogen and oxygen atoms in total. The summed E-state index contributed by atoms with van der Waals surface area (Å²) in [6, 6.07) is 10.9. The zero-order chi connectivity index (χ0) is 18.9. The van der Waals surface area contributed by atoms with Crippen LogP contribution in [-0.2, 0) is 22.3 Å². The van der Waals surface area contributed by atoms with Gasteiger partial charge in [0.15, 0.2) is 21.5 Å². The number of furan rings is 1. The van der Waals surface area contributed by atoms with E-state index in [-0.39, 0.29) is 25.2 Å². The maximum atomic E-state index is 13.8. The molecule has 2 unspecified atom stereocenters. The number of hydrogen-bond donors (Lipinski definition) is 0. The van der Waals surface area contributed by atoms with Crippen LogP contribution in [0.1, 0.15) is 16.9 Å². The van der Waals surface area contributed by atoms with Crippen LogP contribution in [-0.4, -0.2) is 22.6 Å². The standard InChI is InChI=1S/C19H13ClN2O5S/c20-17-4-3-11(27-17)8-22-18-12(2-1-5-21-18)19(28(22)23)9-24-14-7-16-15(6-13(14)19)25-10-26-16/h1-7H,8-10H2. The number of nitrogens with zero attached hydrogens (tertiary/aromatic N) is 2. The van der Waals surface area contributed by atoms with Crippen molar-refractivity contribution in [3.8, 4) is 17.2 Å². The summed E-state index contributed by atoms with van der Waals surface area (Å²) in [7, 11) is -1.49. The van der Waals surface area contributed by atoms with Crippen LogP contribution in [0.25, 0.3) is 0 Å². The molecule has 0 amide bonds. The minimum absolute atomic E-state index is 0.165. The summed E-state index contributed by atoms with van der Waals surface area (Å²) in [6.45, 7) is 0.689. The number of benzene rings is 1. The van der Waals surface area contributed by atoms with Gasteiger partial charge in [0.05, 0.1) is 6.54 Å². The van der Waals surface area contributed by atoms with Crippen LogP contribution in [0.2, 0.25) is 5.22 Å². The second kappa shape index (κ2) is 5.65. The number of anilines is 1. The maximum absolute atomic E-state index is 13.8. The second-order valence-corrected chi connectivity index (χ2v) is 8.69. The highest BCUT2D eigenvalue weighted by Crippen LogP contribution is 2.56. The number of halogens is 1. The summed E-state index contributed by atoms with van der Waals surface area (Å²) < 4.78 is 37.1. The first kappa shape index (κ1) is 16.3. The van der Waals surface area contributed by atoms with Crippen molar-refractivity contribution in [2.75, 3.05) is 17.7 Å². The first-order chi connectivity index (χ1) is 13.7. The van der Waals surface area contributed by atoms with Crippen LogP contribution in [0.3, 0.4) is 0 Å². The molecule has 0 saturated heterocycles. The minimum atomic E-state index is -1.49. The van der Waals surface area contributed by atoms with Gasteiger partial charge in [0.1, 0.15) is 34.9 Å². The van der Waals surface area contributed by atoms with Crippen molar-refractivity contribution in [1.29, 1.82) is 0 Å². The molecular formula is C19H13ClN2O5S. The van der Waals surface area contributed by atoms with Gasteiger partial charge in [-0.25, -0.2) is 9.19 Å². The Kier molecular flexibility index (Phi) is 3.28. The summed E-state index contributed by atoms with van der Waals surface area (Å²) in [5, 5.41) is 0.290. The summed E-state index contributed by atoms with van der Waals surface area (Å²) in [4.78, 5) is 4.51. The summed E-state index contributed by atoms with van der Waals surface area (Å²) in [5.74, 6) is 3.16. The van der Waals surface area contributed by atoms with Gasteiger partial charge in [0.2, 0.25) is 6.79 Å². The van der Waals surface area contributed by atoms with Gasteiger partial charge in [0.25, 0.3) is 0 Å². The zero-order valence-electron chi connectivity index (χ0n) is 14.4. The highest BCUT2D eigenvalue weighted by Gasteiger charge is 2.57. The molecule has 1 spiro atoms. The van der Waals surface area contributed by atoms with E-state index >= 15 is 0 Å². The summed E-state index contributed by atoms with van der Waals surface area (Å²) >= 11 is 5.90. The van der Waals surface area contributed by atoms with Crippen molar-refractivity contribution >= 4 is 28.4 Å². The highest BCUT2D eigenvalue weighted by atomic mass is 35.5. The lowest BCUT2D eigenvalue weighted by atomic mass is 9.92. The van der Waals surface area contributed by atoms with Crippen LogP contribution >= 0.6 is 11.6 Å². The third-order valence-corrected chi connectivity index (χ3v) is 7.28. The third-order valence-electron chi connectivity index (χ3n) is 5.23. The summed E-state index contributed by atoms with van der Waals surface area (Å²) in [5.41, 5.74) is 1.66. The predicted octanol–water partition coefficient (Wildman–Crippen LogP) is 3.38. The van der Waals surface area contributed by atoms with E-state index in [1.165, 1.54) is 0 Å². The lowest BCUT2D eigenvalue weighted by Gasteiger charge is -2.23. The maximum Gasteiger partial charge on any atom is 0.231 e. The normalized spacial score (nSPS) is 23.8. The van der Waals surface area contributed by atoms with Crippen molar-refractivity contribution in [2.45, 2.75) is 11.3 Å². The fraction of sp³-hybridized carbons (Fsp3) is 0.211. The molecule has 0 fully saturated rings. The molecule has 0 saturated carbocycles. The Bertz CT molecular complexity index is 1150. The highest BCUT2D eigenvalue weighted by molar-refractivity contribution is 7.88. The fourth-order valence-electron chi connectivity index (χ4n) is 3.97. The first-order valence-electron chi connectivity index (χ1n) is 8.63. The lowest BCUT2D eigenvalue weighted by molar-refractivity contribution is 0.173. The van der Waals surface area contributed by atoms with Crippen molar-refractivity contribution in [3.63, 3.8) is 0 Å². The third kappa shape index (κ3) is 2.04. The minimum Gasteiger partial charge on any atom is -0.491 e. The molecule has 9 heteroatoms. The number of fused-ring (bicyclic) bond motifs is 5. The molecule has 3 aromatic rings. The topological polar surface area (TPSA) is 74.0 Å². The van der Waals surface area contributed by atoms with E-state index in [0.717, 1.165) is 11.1 Å². The van der Waals surface area contributed by atoms with Gasteiger partial charge in [-0.1, -0.05) is 6.07 Å². The Hall–Kier alpha value is -2.71. The molecule has 3 aliphatic heterocycles. The van der Waals surface area contributed by atoms with Gasteiger partial charge in [-0.2, -0.15) is 0 Å². The zero-order valence-corrected chi connectivity index (χ0v) is 16.0. The van der Waals surface area contributed by atoms with Gasteiger partial charge >= 0.3 is 0 Å². The number of pyridine rings is 1. The number of hydrogen-bond acceptors (Lipinski definition) is 6. The summed E-state index contributed by atoms with van der Waals surface area (Å²) in [6.07, 6.45) is 1.69. The van der Waals surface area contributed by atoms with Crippen molar-refractivity contribution < 1.29 is 22.8 Å². The van der Waals surface area contributed by atoms with Crippen molar-refractivity contribution in [2.24, 2.45) is 0 Å². The molecule has 2 aromatic heterocycles. The van der Waals surface area contributed by atoms with E-state index in [2.05, 4.69) is 4.98 Å². The first-order valence-corrected chi connectivity index (χ1v) is 10.1. The molecule has 2 atom stereocenters. The van der Waals surface area contributed by atoms with Crippen LogP contribution < -0.4 is 18.5 Å². The molecule has 28 heavy (non-hydrogen) atoms. The Labute approximate surface area is 167 Å². The molecule has 5 heterocycles. The molecule has 3 aliphatic rings. The van der Waals surface area contributed by atoms with Crippen LogP contribution in [0, 0.1) is 0 Å². The fourth-order valence-corrected chi connectivity index (χ4v) is 5.91. The Morgan fingerprint density at radius 3 is 2.79 bits per heavy atom. The van der Waals surface area contributed by atoms with E-state index in [9.17, 15) is 4.21 Å². The Morgan fingerprint density at radius 2 is 1.96 bits per heavy atom. The SMILES string of the molecule is O=S1N(Cc2ccc(Cl)o2)c2ncccc2C12COc1cc3c(cc12)OCO3. The second-order valence-electron chi connectivity index (χ2n) is 6.68. The molecule has 0 aliphatic carbocycles. The Balaban J connectivity index is 1.51. The number of ether oxygens (including phenoxy) is 3. The van der Waals surface area contributed by atoms with Crippen LogP contribution in [0.5, 0.6) is 17.2 Å². The molecule has 1 aromatic carbocycles. The largest absolute Gasteiger partial charge is 0.491 e. The van der Waals surface area contributed by atoms with E-state index in [1.54, 1.807) is 28.7 Å². The van der Waals surface area contributed by atoms with Gasteiger partial charge in [0, 0.05) is 23.4 Å². The van der Waals surface area contributed by atoms with Crippen LogP contribution in [0.4, 0.5) is 5.82 Å². The lowest BCUT2D eigenvalue weighted by Crippen LogP contribution is -2.36. The predicted molar refractivity (Wildman–Crippen MR) is 101 cm³/mol. The van der Waals surface area contributed by atoms with Gasteiger partial charge < -0.3 is 18.6 Å². The van der Waals surface area contributed by atoms with E-state index in [4.69, 9.17) is 30.2 Å². The Morgan fingerprint density at radius 1 is 1.11 bits per heavy atom. The molecule has 142 valence electrons. The van der Waals surface area contributed by atoms with E-state index < -0.39 is 15.7 Å². The molecule has 0 N–H and O–H groups in total. The van der Waals surface area contributed by atoms with Crippen molar-refractivity contribution in [3.05, 3.63) is 64.7 Å². The monoisotopic (exact) mass is 416 g/mol. The van der Waals surface area contributed by atoms with Gasteiger partial charge in [-0.15, -0.1) is 0 Å². The molecule has 0 bridgehead atoms. The van der Waals surface area contributed by atoms with E-state index in [1.807, 2.05) is 18.2 Å². The number of aromatic nitrogens is 1. The van der Waals surface area contributed by atoms with Gasteiger partial charge in [-0.3, -0.25) is 4.31 Å².